The van der Waals surface area contributed by atoms with Gasteiger partial charge in [0.05, 0.1) is 0 Å². The molecule has 3 heteroatoms. The molecule has 0 saturated heterocycles. The third-order valence-electron chi connectivity index (χ3n) is 1.18. The Morgan fingerprint density at radius 1 is 1.78 bits per heavy atom. The van der Waals surface area contributed by atoms with Crippen LogP contribution >= 0.6 is 0 Å². The molecule has 0 unspecified atom stereocenters. The summed E-state index contributed by atoms with van der Waals surface area (Å²) in [5.74, 6) is 0. The van der Waals surface area contributed by atoms with E-state index < -0.39 is 0 Å². The molecule has 0 heterocycles. The summed E-state index contributed by atoms with van der Waals surface area (Å²) in [7, 11) is 1.48. The molecule has 0 N–H and O–H groups in total. The third-order valence-corrected chi connectivity index (χ3v) is 2.36. The van der Waals surface area contributed by atoms with Gasteiger partial charge >= 0.3 is 18.9 Å². The molecule has 1 aliphatic carbocycles. The van der Waals surface area contributed by atoms with Crippen LogP contribution in [0, 0.1) is 0 Å². The fraction of sp³-hybridized carbons (Fsp3) is 0.333. The summed E-state index contributed by atoms with van der Waals surface area (Å²) in [5, 5.41) is 1.51. The maximum atomic E-state index is 5.06. The van der Waals surface area contributed by atoms with Gasteiger partial charge in [0.2, 0.25) is 0 Å². The van der Waals surface area contributed by atoms with Crippen molar-refractivity contribution in [2.75, 3.05) is 7.11 Å². The second-order valence-electron chi connectivity index (χ2n) is 1.89. The summed E-state index contributed by atoms with van der Waals surface area (Å²) >= 11 is 0. The first kappa shape index (κ1) is 9.25. The van der Waals surface area contributed by atoms with Gasteiger partial charge in [-0.15, -0.1) is 0 Å². The second kappa shape index (κ2) is 5.07. The van der Waals surface area contributed by atoms with Crippen LogP contribution in [0.3, 0.4) is 0 Å². The van der Waals surface area contributed by atoms with Crippen molar-refractivity contribution in [3.63, 3.8) is 0 Å². The van der Waals surface area contributed by atoms with Gasteiger partial charge in [-0.3, -0.25) is 0 Å². The minimum absolute atomic E-state index is 0. The van der Waals surface area contributed by atoms with E-state index in [9.17, 15) is 0 Å². The molecule has 0 fully saturated rings. The number of allylic oxidation sites excluding steroid dienone is 4. The van der Waals surface area contributed by atoms with E-state index >= 15 is 0 Å². The van der Waals surface area contributed by atoms with Crippen LogP contribution in [0.5, 0.6) is 0 Å². The Bertz CT molecular complexity index is 136. The van der Waals surface area contributed by atoms with Crippen molar-refractivity contribution in [3.05, 3.63) is 23.4 Å². The summed E-state index contributed by atoms with van der Waals surface area (Å²) in [6.45, 7) is 0. The van der Waals surface area contributed by atoms with Crippen LogP contribution in [0.15, 0.2) is 23.4 Å². The van der Waals surface area contributed by atoms with E-state index in [0.717, 1.165) is 6.42 Å². The maximum Gasteiger partial charge on any atom is 1.00 e. The average Bonchev–Trinajstić information content (AvgIpc) is 2.19. The largest absolute Gasteiger partial charge is 1.00 e. The molecule has 0 aliphatic heterocycles. The summed E-state index contributed by atoms with van der Waals surface area (Å²) in [6, 6.07) is 0. The van der Waals surface area contributed by atoms with Crippen molar-refractivity contribution < 1.29 is 24.7 Å². The normalized spacial score (nSPS) is 16.3. The van der Waals surface area contributed by atoms with Gasteiger partial charge in [-0.25, -0.2) is 0 Å². The van der Waals surface area contributed by atoms with Crippen LogP contribution in [-0.4, -0.2) is 16.9 Å². The zero-order chi connectivity index (χ0) is 5.82. The molecular weight excluding hydrogens is 123 g/mol. The van der Waals surface area contributed by atoms with E-state index in [2.05, 4.69) is 18.2 Å². The van der Waals surface area contributed by atoms with E-state index in [1.54, 1.807) is 7.11 Å². The quantitative estimate of drug-likeness (QED) is 0.385. The summed E-state index contributed by atoms with van der Waals surface area (Å²) in [4.78, 5) is 0. The van der Waals surface area contributed by atoms with Gasteiger partial charge in [-0.05, 0) is 6.42 Å². The minimum atomic E-state index is -0.303. The molecular formula is C6H11LiOSi. The van der Waals surface area contributed by atoms with Crippen LogP contribution in [-0.2, 0) is 4.43 Å². The van der Waals surface area contributed by atoms with E-state index in [1.165, 1.54) is 5.20 Å². The van der Waals surface area contributed by atoms with Gasteiger partial charge < -0.3 is 5.85 Å². The van der Waals surface area contributed by atoms with Gasteiger partial charge in [-0.2, -0.15) is 0 Å². The molecule has 46 valence electrons. The Morgan fingerprint density at radius 2 is 2.56 bits per heavy atom. The fourth-order valence-corrected chi connectivity index (χ4v) is 1.67. The number of rotatable bonds is 2. The maximum absolute atomic E-state index is 5.06. The summed E-state index contributed by atoms with van der Waals surface area (Å²) in [5.41, 5.74) is 0. The van der Waals surface area contributed by atoms with Gasteiger partial charge in [-0.1, -0.05) is 23.4 Å². The fourth-order valence-electron chi connectivity index (χ4n) is 0.784. The summed E-state index contributed by atoms with van der Waals surface area (Å²) in [6.07, 6.45) is 7.57. The second-order valence-corrected chi connectivity index (χ2v) is 3.66. The van der Waals surface area contributed by atoms with Crippen molar-refractivity contribution in [3.8, 4) is 0 Å². The molecule has 0 aromatic carbocycles. The molecule has 1 nitrogen and oxygen atoms in total. The van der Waals surface area contributed by atoms with Crippen LogP contribution < -0.4 is 18.9 Å². The first-order valence-electron chi connectivity index (χ1n) is 2.77. The van der Waals surface area contributed by atoms with Crippen LogP contribution in [0.25, 0.3) is 0 Å². The Hall–Kier alpha value is 0.254. The van der Waals surface area contributed by atoms with E-state index in [-0.39, 0.29) is 30.1 Å². The molecule has 0 saturated carbocycles. The van der Waals surface area contributed by atoms with Crippen LogP contribution in [0.2, 0.25) is 0 Å². The Balaban J connectivity index is 0. The molecule has 1 aliphatic rings. The smallest absolute Gasteiger partial charge is 1.00 e. The van der Waals surface area contributed by atoms with E-state index in [0.29, 0.717) is 0 Å². The van der Waals surface area contributed by atoms with Crippen molar-refractivity contribution in [2.24, 2.45) is 0 Å². The molecule has 1 rings (SSSR count). The molecule has 0 spiro atoms. The number of hydrogen-bond acceptors (Lipinski definition) is 1. The van der Waals surface area contributed by atoms with Gasteiger partial charge in [0.1, 0.15) is 0 Å². The zero-order valence-corrected chi connectivity index (χ0v) is 7.47. The van der Waals surface area contributed by atoms with E-state index in [1.807, 2.05) is 0 Å². The average molecular weight is 134 g/mol. The van der Waals surface area contributed by atoms with Gasteiger partial charge in [0.25, 0.3) is 0 Å². The van der Waals surface area contributed by atoms with Gasteiger partial charge in [0, 0.05) is 7.11 Å². The Morgan fingerprint density at radius 3 is 3.00 bits per heavy atom. The SMILES string of the molecule is CO[SiH2]C1=CC=CC1.[H-].[Li+]. The zero-order valence-electron chi connectivity index (χ0n) is 7.05. The molecule has 0 radical (unpaired) electrons. The summed E-state index contributed by atoms with van der Waals surface area (Å²) < 4.78 is 5.06. The molecule has 0 bridgehead atoms. The minimum Gasteiger partial charge on any atom is -1.00 e. The van der Waals surface area contributed by atoms with Gasteiger partial charge in [0.15, 0.2) is 9.76 Å². The first-order valence-corrected chi connectivity index (χ1v) is 4.05. The van der Waals surface area contributed by atoms with Crippen molar-refractivity contribution in [2.45, 2.75) is 6.42 Å². The molecule has 0 aromatic heterocycles. The molecule has 9 heavy (non-hydrogen) atoms. The van der Waals surface area contributed by atoms with Crippen molar-refractivity contribution in [1.29, 1.82) is 0 Å². The van der Waals surface area contributed by atoms with Crippen molar-refractivity contribution >= 4 is 9.76 Å². The van der Waals surface area contributed by atoms with E-state index in [4.69, 9.17) is 4.43 Å². The van der Waals surface area contributed by atoms with Crippen LogP contribution in [0.4, 0.5) is 0 Å². The predicted octanol–water partition coefficient (Wildman–Crippen LogP) is -2.32. The Labute approximate surface area is 71.8 Å². The molecule has 0 aromatic rings. The topological polar surface area (TPSA) is 9.23 Å². The standard InChI is InChI=1S/C6H10OSi.Li.H/c1-7-8-6-4-2-3-5-6;;/h2-4H,5,8H2,1H3;;/q;+1;-1. The van der Waals surface area contributed by atoms with Crippen LogP contribution in [0.1, 0.15) is 7.85 Å². The first-order chi connectivity index (χ1) is 3.93. The molecule has 0 amide bonds. The number of hydrogen-bond donors (Lipinski definition) is 0. The van der Waals surface area contributed by atoms with Crippen molar-refractivity contribution in [1.82, 2.24) is 0 Å². The third kappa shape index (κ3) is 3.07. The molecule has 0 atom stereocenters. The predicted molar refractivity (Wildman–Crippen MR) is 38.5 cm³/mol. The monoisotopic (exact) mass is 134 g/mol. The Kier molecular flexibility index (Phi) is 5.22.